The number of nitrogens with one attached hydrogen (secondary N) is 1. The maximum absolute atomic E-state index is 12.8. The molecule has 0 spiro atoms. The normalized spacial score (nSPS) is 32.2. The van der Waals surface area contributed by atoms with Crippen molar-refractivity contribution in [3.63, 3.8) is 0 Å². The van der Waals surface area contributed by atoms with E-state index in [9.17, 15) is 9.59 Å². The summed E-state index contributed by atoms with van der Waals surface area (Å²) in [5.74, 6) is 1.43. The van der Waals surface area contributed by atoms with Gasteiger partial charge in [-0.15, -0.1) is 0 Å². The fraction of sp³-hybridized carbons (Fsp3) is 0.875. The van der Waals surface area contributed by atoms with E-state index in [1.54, 1.807) is 0 Å². The van der Waals surface area contributed by atoms with Crippen molar-refractivity contribution in [1.82, 2.24) is 10.2 Å². The van der Waals surface area contributed by atoms with Gasteiger partial charge in [-0.3, -0.25) is 9.59 Å². The van der Waals surface area contributed by atoms with E-state index < -0.39 is 0 Å². The Kier molecular flexibility index (Phi) is 3.74. The molecule has 1 aliphatic heterocycles. The zero-order chi connectivity index (χ0) is 14.3. The Labute approximate surface area is 121 Å². The third-order valence-corrected chi connectivity index (χ3v) is 5.10. The summed E-state index contributed by atoms with van der Waals surface area (Å²) in [4.78, 5) is 27.1. The molecule has 3 atom stereocenters. The van der Waals surface area contributed by atoms with Crippen LogP contribution in [0, 0.1) is 11.8 Å². The molecule has 2 amide bonds. The van der Waals surface area contributed by atoms with Gasteiger partial charge in [-0.1, -0.05) is 26.7 Å². The monoisotopic (exact) mass is 278 g/mol. The molecule has 4 heteroatoms. The fourth-order valence-corrected chi connectivity index (χ4v) is 3.53. The van der Waals surface area contributed by atoms with E-state index >= 15 is 0 Å². The molecule has 1 heterocycles. The minimum atomic E-state index is -0.249. The lowest BCUT2D eigenvalue weighted by Gasteiger charge is -2.43. The highest BCUT2D eigenvalue weighted by atomic mass is 16.2. The predicted octanol–water partition coefficient (Wildman–Crippen LogP) is 2.08. The number of hydrogen-bond donors (Lipinski definition) is 1. The summed E-state index contributed by atoms with van der Waals surface area (Å²) in [5.41, 5.74) is 0. The second kappa shape index (κ2) is 5.38. The number of nitrogens with zero attached hydrogens (tertiary/aromatic N) is 1. The third kappa shape index (κ3) is 2.57. The van der Waals surface area contributed by atoms with E-state index in [-0.39, 0.29) is 29.9 Å². The van der Waals surface area contributed by atoms with Crippen LogP contribution in [-0.2, 0) is 9.59 Å². The third-order valence-electron chi connectivity index (χ3n) is 5.10. The molecular formula is C16H26N2O2. The molecule has 0 aromatic heterocycles. The lowest BCUT2D eigenvalue weighted by atomic mass is 9.96. The van der Waals surface area contributed by atoms with Gasteiger partial charge in [0.15, 0.2) is 0 Å². The molecule has 0 aromatic rings. The fourth-order valence-electron chi connectivity index (χ4n) is 3.53. The highest BCUT2D eigenvalue weighted by Crippen LogP contribution is 2.39. The first-order valence-electron chi connectivity index (χ1n) is 8.28. The van der Waals surface area contributed by atoms with Crippen LogP contribution >= 0.6 is 0 Å². The van der Waals surface area contributed by atoms with Crippen molar-refractivity contribution in [3.05, 3.63) is 0 Å². The minimum absolute atomic E-state index is 0.0678. The first-order valence-corrected chi connectivity index (χ1v) is 8.28. The molecule has 2 saturated carbocycles. The van der Waals surface area contributed by atoms with E-state index in [0.717, 1.165) is 38.0 Å². The van der Waals surface area contributed by atoms with Crippen LogP contribution < -0.4 is 5.32 Å². The van der Waals surface area contributed by atoms with E-state index in [1.165, 1.54) is 12.8 Å². The van der Waals surface area contributed by atoms with Gasteiger partial charge in [0.25, 0.3) is 0 Å². The Morgan fingerprint density at radius 2 is 1.90 bits per heavy atom. The molecule has 0 bridgehead atoms. The summed E-state index contributed by atoms with van der Waals surface area (Å²) in [6.07, 6.45) is 7.53. The molecule has 3 aliphatic rings. The van der Waals surface area contributed by atoms with Crippen molar-refractivity contribution in [2.24, 2.45) is 11.8 Å². The van der Waals surface area contributed by atoms with Gasteiger partial charge in [0.05, 0.1) is 0 Å². The summed E-state index contributed by atoms with van der Waals surface area (Å²) in [6, 6.07) is -0.230. The highest BCUT2D eigenvalue weighted by Gasteiger charge is 2.48. The SMILES string of the molecule is CCC(CC1CC1)N1C(=O)C(C2CC2)NC(=O)C1CC. The van der Waals surface area contributed by atoms with Crippen LogP contribution in [0.4, 0.5) is 0 Å². The summed E-state index contributed by atoms with van der Waals surface area (Å²) in [7, 11) is 0. The van der Waals surface area contributed by atoms with Crippen molar-refractivity contribution in [2.75, 3.05) is 0 Å². The van der Waals surface area contributed by atoms with Gasteiger partial charge >= 0.3 is 0 Å². The summed E-state index contributed by atoms with van der Waals surface area (Å²) in [6.45, 7) is 4.15. The molecule has 0 radical (unpaired) electrons. The molecule has 3 fully saturated rings. The highest BCUT2D eigenvalue weighted by molar-refractivity contribution is 5.97. The summed E-state index contributed by atoms with van der Waals surface area (Å²) in [5, 5.41) is 2.98. The quantitative estimate of drug-likeness (QED) is 0.808. The van der Waals surface area contributed by atoms with Crippen molar-refractivity contribution in [2.45, 2.75) is 76.9 Å². The minimum Gasteiger partial charge on any atom is -0.342 e. The van der Waals surface area contributed by atoms with E-state index in [4.69, 9.17) is 0 Å². The number of carbonyl (C=O) groups excluding carboxylic acids is 2. The molecule has 1 N–H and O–H groups in total. The lowest BCUT2D eigenvalue weighted by molar-refractivity contribution is -0.153. The molecular weight excluding hydrogens is 252 g/mol. The molecule has 3 rings (SSSR count). The van der Waals surface area contributed by atoms with Crippen LogP contribution in [0.25, 0.3) is 0 Å². The van der Waals surface area contributed by atoms with Crippen LogP contribution in [0.2, 0.25) is 0 Å². The van der Waals surface area contributed by atoms with Gasteiger partial charge in [0, 0.05) is 6.04 Å². The Hall–Kier alpha value is -1.06. The molecule has 1 saturated heterocycles. The van der Waals surface area contributed by atoms with Crippen molar-refractivity contribution in [3.8, 4) is 0 Å². The van der Waals surface area contributed by atoms with Gasteiger partial charge in [-0.25, -0.2) is 0 Å². The van der Waals surface area contributed by atoms with Gasteiger partial charge in [0.2, 0.25) is 11.8 Å². The van der Waals surface area contributed by atoms with Crippen molar-refractivity contribution in [1.29, 1.82) is 0 Å². The second-order valence-electron chi connectivity index (χ2n) is 6.73. The first kappa shape index (κ1) is 13.9. The number of carbonyl (C=O) groups is 2. The Balaban J connectivity index is 1.80. The maximum atomic E-state index is 12.8. The Morgan fingerprint density at radius 1 is 1.20 bits per heavy atom. The van der Waals surface area contributed by atoms with Gasteiger partial charge in [-0.05, 0) is 43.9 Å². The summed E-state index contributed by atoms with van der Waals surface area (Å²) >= 11 is 0. The molecule has 3 unspecified atom stereocenters. The maximum Gasteiger partial charge on any atom is 0.246 e. The van der Waals surface area contributed by atoms with Crippen molar-refractivity contribution < 1.29 is 9.59 Å². The van der Waals surface area contributed by atoms with Gasteiger partial charge in [0.1, 0.15) is 12.1 Å². The molecule has 2 aliphatic carbocycles. The topological polar surface area (TPSA) is 49.4 Å². The lowest BCUT2D eigenvalue weighted by Crippen LogP contribution is -2.66. The van der Waals surface area contributed by atoms with E-state index in [1.807, 2.05) is 11.8 Å². The van der Waals surface area contributed by atoms with Crippen molar-refractivity contribution >= 4 is 11.8 Å². The number of hydrogen-bond acceptors (Lipinski definition) is 2. The Morgan fingerprint density at radius 3 is 2.40 bits per heavy atom. The standard InChI is InChI=1S/C16H26N2O2/c1-3-12(9-10-5-6-10)18-13(4-2)15(19)17-14(16(18)20)11-7-8-11/h10-14H,3-9H2,1-2H3,(H,17,19). The number of amides is 2. The molecule has 4 nitrogen and oxygen atoms in total. The smallest absolute Gasteiger partial charge is 0.246 e. The van der Waals surface area contributed by atoms with Crippen LogP contribution in [0.3, 0.4) is 0 Å². The second-order valence-corrected chi connectivity index (χ2v) is 6.73. The molecule has 112 valence electrons. The van der Waals surface area contributed by atoms with Crippen LogP contribution in [0.1, 0.15) is 58.8 Å². The summed E-state index contributed by atoms with van der Waals surface area (Å²) < 4.78 is 0. The van der Waals surface area contributed by atoms with Gasteiger partial charge < -0.3 is 10.2 Å². The average molecular weight is 278 g/mol. The number of rotatable bonds is 6. The first-order chi connectivity index (χ1) is 9.65. The zero-order valence-electron chi connectivity index (χ0n) is 12.6. The van der Waals surface area contributed by atoms with E-state index in [2.05, 4.69) is 12.2 Å². The molecule has 0 aromatic carbocycles. The van der Waals surface area contributed by atoms with Crippen LogP contribution in [-0.4, -0.2) is 34.8 Å². The Bertz CT molecular complexity index is 401. The number of piperazine rings is 1. The van der Waals surface area contributed by atoms with Crippen LogP contribution in [0.5, 0.6) is 0 Å². The predicted molar refractivity (Wildman–Crippen MR) is 77.0 cm³/mol. The largest absolute Gasteiger partial charge is 0.342 e. The average Bonchev–Trinajstić information content (AvgIpc) is 3.31. The zero-order valence-corrected chi connectivity index (χ0v) is 12.6. The molecule has 20 heavy (non-hydrogen) atoms. The van der Waals surface area contributed by atoms with Crippen LogP contribution in [0.15, 0.2) is 0 Å². The van der Waals surface area contributed by atoms with E-state index in [0.29, 0.717) is 5.92 Å². The van der Waals surface area contributed by atoms with Gasteiger partial charge in [-0.2, -0.15) is 0 Å².